The molecule has 0 fully saturated rings. The smallest absolute Gasteiger partial charge is 0.180 e. The van der Waals surface area contributed by atoms with Crippen LogP contribution in [-0.4, -0.2) is 26.2 Å². The number of hydrogen-bond acceptors (Lipinski definition) is 5. The molecule has 0 saturated heterocycles. The van der Waals surface area contributed by atoms with E-state index in [0.717, 1.165) is 16.9 Å². The largest absolute Gasteiger partial charge is 0.396 e. The first-order chi connectivity index (χ1) is 11.4. The number of nitrogen functional groups attached to an aromatic ring is 1. The number of aliphatic imine (C=N–C) groups is 1. The molecule has 3 heterocycles. The minimum atomic E-state index is 0.335. The monoisotopic (exact) mass is 322 g/mol. The van der Waals surface area contributed by atoms with Crippen LogP contribution in [-0.2, 0) is 0 Å². The van der Waals surface area contributed by atoms with E-state index in [2.05, 4.69) is 58.7 Å². The Bertz CT molecular complexity index is 892. The molecular weight excluding hydrogens is 300 g/mol. The molecule has 6 nitrogen and oxygen atoms in total. The maximum Gasteiger partial charge on any atom is 0.180 e. The zero-order chi connectivity index (χ0) is 17.3. The first-order valence-corrected chi connectivity index (χ1v) is 8.09. The van der Waals surface area contributed by atoms with Crippen LogP contribution in [0.15, 0.2) is 29.5 Å². The van der Waals surface area contributed by atoms with Gasteiger partial charge in [0.1, 0.15) is 5.82 Å². The van der Waals surface area contributed by atoms with E-state index in [0.29, 0.717) is 29.0 Å². The normalized spacial score (nSPS) is 12.1. The average molecular weight is 322 g/mol. The highest BCUT2D eigenvalue weighted by atomic mass is 15.0. The number of nitrogens with one attached hydrogen (secondary N) is 1. The topological polar surface area (TPSA) is 92.8 Å². The number of aromatic nitrogens is 4. The third-order valence-electron chi connectivity index (χ3n) is 3.68. The van der Waals surface area contributed by atoms with E-state index in [-0.39, 0.29) is 0 Å². The number of anilines is 1. The predicted octanol–water partition coefficient (Wildman–Crippen LogP) is 4.08. The Morgan fingerprint density at radius 1 is 1.12 bits per heavy atom. The van der Waals surface area contributed by atoms with E-state index in [4.69, 9.17) is 5.73 Å². The van der Waals surface area contributed by atoms with Gasteiger partial charge in [0, 0.05) is 24.2 Å². The van der Waals surface area contributed by atoms with Crippen LogP contribution in [0.25, 0.3) is 22.6 Å². The molecule has 0 atom stereocenters. The molecule has 0 aliphatic rings. The zero-order valence-electron chi connectivity index (χ0n) is 14.4. The fourth-order valence-corrected chi connectivity index (χ4v) is 2.31. The summed E-state index contributed by atoms with van der Waals surface area (Å²) in [6.45, 7) is 8.39. The first kappa shape index (κ1) is 16.1. The highest BCUT2D eigenvalue weighted by molar-refractivity contribution is 5.83. The molecule has 0 aromatic carbocycles. The summed E-state index contributed by atoms with van der Waals surface area (Å²) < 4.78 is 0. The molecule has 124 valence electrons. The van der Waals surface area contributed by atoms with Crippen LogP contribution < -0.4 is 5.73 Å². The standard InChI is InChI=1S/C18H22N6/c1-10(2)7-21-17-14(19)6-15-18(24-17)23-16(22-15)13-5-12(11(3)4)8-20-9-13/h5-11H,19H2,1-4H3,(H,22,23,24). The molecule has 3 rings (SSSR count). The quantitative estimate of drug-likeness (QED) is 0.708. The molecule has 0 amide bonds. The minimum absolute atomic E-state index is 0.335. The van der Waals surface area contributed by atoms with Crippen LogP contribution in [0.5, 0.6) is 0 Å². The molecular formula is C18H22N6. The van der Waals surface area contributed by atoms with Crippen LogP contribution in [0.1, 0.15) is 39.2 Å². The van der Waals surface area contributed by atoms with E-state index in [9.17, 15) is 0 Å². The Morgan fingerprint density at radius 3 is 2.62 bits per heavy atom. The minimum Gasteiger partial charge on any atom is -0.396 e. The van der Waals surface area contributed by atoms with E-state index >= 15 is 0 Å². The molecule has 24 heavy (non-hydrogen) atoms. The van der Waals surface area contributed by atoms with Gasteiger partial charge in [0.15, 0.2) is 11.5 Å². The molecule has 0 saturated carbocycles. The SMILES string of the molecule is CC(C)C=Nc1nc2nc(-c3cncc(C(C)C)c3)[nH]c2cc1N. The van der Waals surface area contributed by atoms with Gasteiger partial charge in [-0.15, -0.1) is 0 Å². The molecule has 0 spiro atoms. The van der Waals surface area contributed by atoms with Crippen molar-refractivity contribution in [1.82, 2.24) is 19.9 Å². The summed E-state index contributed by atoms with van der Waals surface area (Å²) in [7, 11) is 0. The molecule has 0 radical (unpaired) electrons. The highest BCUT2D eigenvalue weighted by Gasteiger charge is 2.11. The summed E-state index contributed by atoms with van der Waals surface area (Å²) in [6, 6.07) is 3.92. The lowest BCUT2D eigenvalue weighted by atomic mass is 10.0. The highest BCUT2D eigenvalue weighted by Crippen LogP contribution is 2.27. The number of H-pyrrole nitrogens is 1. The summed E-state index contributed by atoms with van der Waals surface area (Å²) in [6.07, 6.45) is 5.50. The lowest BCUT2D eigenvalue weighted by Gasteiger charge is -2.05. The number of nitrogens with zero attached hydrogens (tertiary/aromatic N) is 4. The maximum atomic E-state index is 6.05. The van der Waals surface area contributed by atoms with Gasteiger partial charge in [-0.25, -0.2) is 15.0 Å². The van der Waals surface area contributed by atoms with Crippen LogP contribution in [0.2, 0.25) is 0 Å². The Kier molecular flexibility index (Phi) is 4.29. The number of hydrogen-bond donors (Lipinski definition) is 2. The van der Waals surface area contributed by atoms with Crippen molar-refractivity contribution >= 4 is 28.9 Å². The second-order valence-corrected chi connectivity index (χ2v) is 6.54. The first-order valence-electron chi connectivity index (χ1n) is 8.09. The summed E-state index contributed by atoms with van der Waals surface area (Å²) >= 11 is 0. The van der Waals surface area contributed by atoms with Crippen molar-refractivity contribution in [2.24, 2.45) is 10.9 Å². The predicted molar refractivity (Wildman–Crippen MR) is 98.6 cm³/mol. The van der Waals surface area contributed by atoms with Crippen molar-refractivity contribution in [1.29, 1.82) is 0 Å². The van der Waals surface area contributed by atoms with Crippen molar-refractivity contribution in [2.45, 2.75) is 33.6 Å². The van der Waals surface area contributed by atoms with Crippen molar-refractivity contribution < 1.29 is 0 Å². The van der Waals surface area contributed by atoms with Crippen LogP contribution in [0.3, 0.4) is 0 Å². The molecule has 0 aliphatic heterocycles. The Balaban J connectivity index is 2.04. The van der Waals surface area contributed by atoms with Crippen LogP contribution >= 0.6 is 0 Å². The zero-order valence-corrected chi connectivity index (χ0v) is 14.4. The van der Waals surface area contributed by atoms with Gasteiger partial charge < -0.3 is 10.7 Å². The number of rotatable bonds is 4. The van der Waals surface area contributed by atoms with Gasteiger partial charge in [-0.1, -0.05) is 27.7 Å². The molecule has 0 unspecified atom stereocenters. The summed E-state index contributed by atoms with van der Waals surface area (Å²) in [5, 5.41) is 0. The third-order valence-corrected chi connectivity index (χ3v) is 3.68. The lowest BCUT2D eigenvalue weighted by molar-refractivity contribution is 0.858. The van der Waals surface area contributed by atoms with Gasteiger partial charge >= 0.3 is 0 Å². The molecule has 3 N–H and O–H groups in total. The molecule has 6 heteroatoms. The third kappa shape index (κ3) is 3.27. The van der Waals surface area contributed by atoms with Crippen LogP contribution in [0, 0.1) is 5.92 Å². The number of fused-ring (bicyclic) bond motifs is 1. The second-order valence-electron chi connectivity index (χ2n) is 6.54. The van der Waals surface area contributed by atoms with Gasteiger partial charge in [0.05, 0.1) is 11.2 Å². The van der Waals surface area contributed by atoms with E-state index in [1.165, 1.54) is 5.56 Å². The van der Waals surface area contributed by atoms with E-state index < -0.39 is 0 Å². The fraction of sp³-hybridized carbons (Fsp3) is 0.333. The molecule has 3 aromatic heterocycles. The Labute approximate surface area is 141 Å². The number of pyridine rings is 2. The van der Waals surface area contributed by atoms with E-state index in [1.54, 1.807) is 6.20 Å². The molecule has 0 bridgehead atoms. The average Bonchev–Trinajstić information content (AvgIpc) is 2.95. The summed E-state index contributed by atoms with van der Waals surface area (Å²) in [5.74, 6) is 1.98. The Hall–Kier alpha value is -2.76. The number of nitrogens with two attached hydrogens (primary N) is 1. The van der Waals surface area contributed by atoms with E-state index in [1.807, 2.05) is 18.5 Å². The molecule has 0 aliphatic carbocycles. The fourth-order valence-electron chi connectivity index (χ4n) is 2.31. The van der Waals surface area contributed by atoms with Crippen molar-refractivity contribution in [3.05, 3.63) is 30.1 Å². The Morgan fingerprint density at radius 2 is 1.92 bits per heavy atom. The van der Waals surface area contributed by atoms with Gasteiger partial charge in [0.2, 0.25) is 0 Å². The number of imidazole rings is 1. The second kappa shape index (κ2) is 6.39. The van der Waals surface area contributed by atoms with Crippen molar-refractivity contribution in [2.75, 3.05) is 5.73 Å². The number of aromatic amines is 1. The summed E-state index contributed by atoms with van der Waals surface area (Å²) in [4.78, 5) is 21.0. The van der Waals surface area contributed by atoms with Crippen molar-refractivity contribution in [3.8, 4) is 11.4 Å². The van der Waals surface area contributed by atoms with Gasteiger partial charge in [-0.3, -0.25) is 4.98 Å². The van der Waals surface area contributed by atoms with Crippen LogP contribution in [0.4, 0.5) is 11.5 Å². The van der Waals surface area contributed by atoms with Gasteiger partial charge in [-0.2, -0.15) is 0 Å². The lowest BCUT2D eigenvalue weighted by Crippen LogP contribution is -1.92. The molecule has 3 aromatic rings. The summed E-state index contributed by atoms with van der Waals surface area (Å²) in [5.41, 5.74) is 10.1. The van der Waals surface area contributed by atoms with Crippen molar-refractivity contribution in [3.63, 3.8) is 0 Å². The van der Waals surface area contributed by atoms with Gasteiger partial charge in [-0.05, 0) is 29.5 Å². The maximum absolute atomic E-state index is 6.05. The van der Waals surface area contributed by atoms with Gasteiger partial charge in [0.25, 0.3) is 0 Å².